The van der Waals surface area contributed by atoms with Crippen molar-refractivity contribution in [2.75, 3.05) is 24.3 Å². The maximum Gasteiger partial charge on any atom is 0.240 e. The van der Waals surface area contributed by atoms with Gasteiger partial charge in [0, 0.05) is 16.1 Å². The van der Waals surface area contributed by atoms with Crippen LogP contribution in [-0.4, -0.2) is 41.0 Å². The number of halogens is 1. The Bertz CT molecular complexity index is 1750. The number of thioether (sulfide) groups is 1. The highest BCUT2D eigenvalue weighted by molar-refractivity contribution is 8.00. The Kier molecular flexibility index (Phi) is 8.26. The summed E-state index contributed by atoms with van der Waals surface area (Å²) >= 11 is 7.80. The van der Waals surface area contributed by atoms with Crippen molar-refractivity contribution >= 4 is 41.0 Å². The largest absolute Gasteiger partial charge is 0.497 e. The number of carbonyl (C=O) groups is 2. The van der Waals surface area contributed by atoms with Gasteiger partial charge in [-0.05, 0) is 66.6 Å². The van der Waals surface area contributed by atoms with Crippen molar-refractivity contribution in [3.8, 4) is 22.7 Å². The van der Waals surface area contributed by atoms with Crippen molar-refractivity contribution in [2.24, 2.45) is 0 Å². The molecule has 0 spiro atoms. The second kappa shape index (κ2) is 12.4. The number of aromatic nitrogens is 2. The molecule has 43 heavy (non-hydrogen) atoms. The first-order valence-electron chi connectivity index (χ1n) is 13.7. The Morgan fingerprint density at radius 1 is 1.07 bits per heavy atom. The van der Waals surface area contributed by atoms with Crippen LogP contribution >= 0.6 is 23.4 Å². The SMILES string of the molecule is COc1ccc(-n2nc(-c3ccc(Cl)cc3)c3c2N(CC(=O)NCc2ccco2)C(=O)CS[C@H]3c2ccccc2C)cc1. The molecule has 0 bridgehead atoms. The number of hydrogen-bond acceptors (Lipinski definition) is 6. The van der Waals surface area contributed by atoms with Crippen molar-refractivity contribution < 1.29 is 18.7 Å². The van der Waals surface area contributed by atoms with Gasteiger partial charge in [-0.2, -0.15) is 5.10 Å². The molecule has 1 aliphatic rings. The van der Waals surface area contributed by atoms with E-state index in [4.69, 9.17) is 25.9 Å². The summed E-state index contributed by atoms with van der Waals surface area (Å²) in [6, 6.07) is 26.7. The highest BCUT2D eigenvalue weighted by atomic mass is 35.5. The van der Waals surface area contributed by atoms with Crippen LogP contribution in [0.4, 0.5) is 5.82 Å². The fraction of sp³-hybridized carbons (Fsp3) is 0.182. The molecule has 0 aliphatic carbocycles. The zero-order valence-electron chi connectivity index (χ0n) is 23.6. The number of carbonyl (C=O) groups excluding carboxylic acids is 2. The lowest BCUT2D eigenvalue weighted by Crippen LogP contribution is -2.42. The lowest BCUT2D eigenvalue weighted by molar-refractivity contribution is -0.123. The number of amides is 2. The Balaban J connectivity index is 1.55. The molecular formula is C33H29ClN4O4S. The van der Waals surface area contributed by atoms with Crippen molar-refractivity contribution in [1.29, 1.82) is 0 Å². The van der Waals surface area contributed by atoms with E-state index in [-0.39, 0.29) is 35.9 Å². The number of rotatable bonds is 8. The predicted molar refractivity (Wildman–Crippen MR) is 169 cm³/mol. The summed E-state index contributed by atoms with van der Waals surface area (Å²) in [4.78, 5) is 28.8. The van der Waals surface area contributed by atoms with Crippen molar-refractivity contribution in [3.05, 3.63) is 119 Å². The molecule has 8 nitrogen and oxygen atoms in total. The lowest BCUT2D eigenvalue weighted by atomic mass is 9.97. The number of benzene rings is 3. The van der Waals surface area contributed by atoms with Crippen LogP contribution in [0.15, 0.2) is 95.6 Å². The minimum Gasteiger partial charge on any atom is -0.497 e. The quantitative estimate of drug-likeness (QED) is 0.213. The number of aryl methyl sites for hydroxylation is 1. The molecule has 0 saturated heterocycles. The van der Waals surface area contributed by atoms with E-state index in [1.807, 2.05) is 60.7 Å². The van der Waals surface area contributed by atoms with Gasteiger partial charge in [-0.15, -0.1) is 11.8 Å². The molecule has 2 amide bonds. The van der Waals surface area contributed by atoms with Gasteiger partial charge in [0.25, 0.3) is 0 Å². The van der Waals surface area contributed by atoms with Crippen LogP contribution in [0.3, 0.4) is 0 Å². The number of furan rings is 1. The predicted octanol–water partition coefficient (Wildman–Crippen LogP) is 6.59. The summed E-state index contributed by atoms with van der Waals surface area (Å²) < 4.78 is 12.5. The van der Waals surface area contributed by atoms with Crippen LogP contribution in [0.1, 0.15) is 27.7 Å². The van der Waals surface area contributed by atoms with E-state index < -0.39 is 0 Å². The summed E-state index contributed by atoms with van der Waals surface area (Å²) in [6.07, 6.45) is 1.56. The second-order valence-electron chi connectivity index (χ2n) is 10.1. The van der Waals surface area contributed by atoms with Crippen LogP contribution < -0.4 is 15.0 Å². The van der Waals surface area contributed by atoms with E-state index >= 15 is 0 Å². The third kappa shape index (κ3) is 5.91. The van der Waals surface area contributed by atoms with E-state index in [1.54, 1.807) is 35.1 Å². The molecule has 3 aromatic carbocycles. The van der Waals surface area contributed by atoms with Crippen molar-refractivity contribution in [2.45, 2.75) is 18.7 Å². The standard InChI is InChI=1S/C33H29ClN4O4S/c1-21-6-3-4-8-27(21)32-30-31(22-9-11-23(34)12-10-22)36-38(24-13-15-25(41-2)16-14-24)33(30)37(29(40)20-43-32)19-28(39)35-18-26-7-5-17-42-26/h3-17,32H,18-20H2,1-2H3,(H,35,39)/t32-/m0/s1. The number of hydrogen-bond donors (Lipinski definition) is 1. The summed E-state index contributed by atoms with van der Waals surface area (Å²) in [5, 5.41) is 8.39. The molecular weight excluding hydrogens is 584 g/mol. The topological polar surface area (TPSA) is 89.6 Å². The highest BCUT2D eigenvalue weighted by Crippen LogP contribution is 2.49. The Hall–Kier alpha value is -4.47. The lowest BCUT2D eigenvalue weighted by Gasteiger charge is -2.23. The first kappa shape index (κ1) is 28.6. The molecule has 5 aromatic rings. The average Bonchev–Trinajstić information content (AvgIpc) is 3.66. The van der Waals surface area contributed by atoms with E-state index in [2.05, 4.69) is 24.4 Å². The van der Waals surface area contributed by atoms with E-state index in [1.165, 1.54) is 11.8 Å². The smallest absolute Gasteiger partial charge is 0.240 e. The molecule has 0 radical (unpaired) electrons. The molecule has 218 valence electrons. The minimum absolute atomic E-state index is 0.182. The van der Waals surface area contributed by atoms with Gasteiger partial charge < -0.3 is 14.5 Å². The van der Waals surface area contributed by atoms with Gasteiger partial charge in [0.05, 0.1) is 42.3 Å². The van der Waals surface area contributed by atoms with Gasteiger partial charge in [0.1, 0.15) is 23.9 Å². The fourth-order valence-corrected chi connectivity index (χ4v) is 6.59. The molecule has 0 fully saturated rings. The number of nitrogens with one attached hydrogen (secondary N) is 1. The van der Waals surface area contributed by atoms with E-state index in [0.717, 1.165) is 27.9 Å². The molecule has 10 heteroatoms. The number of anilines is 1. The molecule has 0 saturated carbocycles. The number of methoxy groups -OCH3 is 1. The van der Waals surface area contributed by atoms with E-state index in [9.17, 15) is 9.59 Å². The maximum atomic E-state index is 13.9. The van der Waals surface area contributed by atoms with E-state index in [0.29, 0.717) is 28.0 Å². The third-order valence-electron chi connectivity index (χ3n) is 7.34. The molecule has 2 aromatic heterocycles. The van der Waals surface area contributed by atoms with Crippen LogP contribution in [0.2, 0.25) is 5.02 Å². The fourth-order valence-electron chi connectivity index (χ4n) is 5.17. The van der Waals surface area contributed by atoms with Crippen LogP contribution in [0.5, 0.6) is 5.75 Å². The monoisotopic (exact) mass is 612 g/mol. The number of nitrogens with zero attached hydrogens (tertiary/aromatic N) is 3. The summed E-state index contributed by atoms with van der Waals surface area (Å²) in [7, 11) is 1.61. The Morgan fingerprint density at radius 3 is 2.53 bits per heavy atom. The summed E-state index contributed by atoms with van der Waals surface area (Å²) in [5.74, 6) is 1.55. The molecule has 3 heterocycles. The van der Waals surface area contributed by atoms with Crippen molar-refractivity contribution in [1.82, 2.24) is 15.1 Å². The zero-order valence-corrected chi connectivity index (χ0v) is 25.2. The van der Waals surface area contributed by atoms with Gasteiger partial charge in [0.2, 0.25) is 11.8 Å². The van der Waals surface area contributed by atoms with Crippen LogP contribution in [0.25, 0.3) is 16.9 Å². The summed E-state index contributed by atoms with van der Waals surface area (Å²) in [5.41, 5.74) is 5.31. The summed E-state index contributed by atoms with van der Waals surface area (Å²) in [6.45, 7) is 2.10. The van der Waals surface area contributed by atoms with Gasteiger partial charge in [0.15, 0.2) is 0 Å². The molecule has 0 unspecified atom stereocenters. The second-order valence-corrected chi connectivity index (χ2v) is 11.6. The van der Waals surface area contributed by atoms with Gasteiger partial charge in [-0.1, -0.05) is 48.0 Å². The maximum absolute atomic E-state index is 13.9. The van der Waals surface area contributed by atoms with Gasteiger partial charge in [-0.3, -0.25) is 14.5 Å². The third-order valence-corrected chi connectivity index (χ3v) is 8.82. The van der Waals surface area contributed by atoms with Crippen LogP contribution in [-0.2, 0) is 16.1 Å². The average molecular weight is 613 g/mol. The zero-order chi connectivity index (χ0) is 29.9. The number of fused-ring (bicyclic) bond motifs is 1. The Labute approximate surface area is 258 Å². The van der Waals surface area contributed by atoms with Crippen molar-refractivity contribution in [3.63, 3.8) is 0 Å². The molecule has 6 rings (SSSR count). The van der Waals surface area contributed by atoms with Crippen LogP contribution in [0, 0.1) is 6.92 Å². The Morgan fingerprint density at radius 2 is 1.84 bits per heavy atom. The highest BCUT2D eigenvalue weighted by Gasteiger charge is 2.38. The first-order chi connectivity index (χ1) is 20.9. The first-order valence-corrected chi connectivity index (χ1v) is 15.2. The number of ether oxygens (including phenoxy) is 1. The molecule has 1 N–H and O–H groups in total. The molecule has 1 aliphatic heterocycles. The van der Waals surface area contributed by atoms with Gasteiger partial charge >= 0.3 is 0 Å². The minimum atomic E-state index is -0.314. The molecule has 1 atom stereocenters. The normalized spacial score (nSPS) is 14.7. The van der Waals surface area contributed by atoms with Gasteiger partial charge in [-0.25, -0.2) is 4.68 Å².